The molecule has 1 heterocycles. The van der Waals surface area contributed by atoms with Crippen LogP contribution < -0.4 is 5.32 Å². The highest BCUT2D eigenvalue weighted by Gasteiger charge is 2.31. The molecule has 9 heteroatoms. The SMILES string of the molecule is Cc1ccc(C=C2SC(=S)N(CCCCCC(=O)Nc3ccc(C(=O)OCCN(C)C)cc3)C2=O)cc1. The molecule has 1 aliphatic heterocycles. The molecule has 2 aromatic carbocycles. The number of hydrogen-bond donors (Lipinski definition) is 1. The zero-order chi connectivity index (χ0) is 26.8. The van der Waals surface area contributed by atoms with E-state index < -0.39 is 0 Å². The molecule has 0 aromatic heterocycles. The highest BCUT2D eigenvalue weighted by molar-refractivity contribution is 8.26. The topological polar surface area (TPSA) is 79.0 Å². The molecule has 0 unspecified atom stereocenters. The van der Waals surface area contributed by atoms with E-state index in [1.165, 1.54) is 17.3 Å². The largest absolute Gasteiger partial charge is 0.461 e. The Hall–Kier alpha value is -3.01. The number of nitrogens with one attached hydrogen (secondary N) is 1. The molecule has 0 spiro atoms. The van der Waals surface area contributed by atoms with Gasteiger partial charge in [-0.05, 0) is 69.8 Å². The summed E-state index contributed by atoms with van der Waals surface area (Å²) in [5.74, 6) is -0.529. The molecule has 0 bridgehead atoms. The molecule has 0 radical (unpaired) electrons. The van der Waals surface area contributed by atoms with Gasteiger partial charge in [0, 0.05) is 25.2 Å². The zero-order valence-electron chi connectivity index (χ0n) is 21.5. The first kappa shape index (κ1) is 28.6. The maximum atomic E-state index is 12.8. The van der Waals surface area contributed by atoms with E-state index in [-0.39, 0.29) is 17.8 Å². The van der Waals surface area contributed by atoms with Crippen molar-refractivity contribution in [2.24, 2.45) is 0 Å². The van der Waals surface area contributed by atoms with Crippen LogP contribution in [-0.4, -0.2) is 65.7 Å². The molecule has 7 nitrogen and oxygen atoms in total. The number of thioether (sulfide) groups is 1. The molecule has 2 aromatic rings. The van der Waals surface area contributed by atoms with Crippen molar-refractivity contribution in [3.8, 4) is 0 Å². The number of nitrogens with zero attached hydrogens (tertiary/aromatic N) is 2. The van der Waals surface area contributed by atoms with Crippen molar-refractivity contribution >= 4 is 57.8 Å². The molecule has 0 saturated carbocycles. The Kier molecular flexibility index (Phi) is 10.9. The predicted octanol–water partition coefficient (Wildman–Crippen LogP) is 5.11. The van der Waals surface area contributed by atoms with Gasteiger partial charge in [0.1, 0.15) is 10.9 Å². The Morgan fingerprint density at radius 1 is 1.05 bits per heavy atom. The second-order valence-electron chi connectivity index (χ2n) is 9.12. The summed E-state index contributed by atoms with van der Waals surface area (Å²) in [5.41, 5.74) is 3.23. The highest BCUT2D eigenvalue weighted by atomic mass is 32.2. The summed E-state index contributed by atoms with van der Waals surface area (Å²) in [6, 6.07) is 14.7. The van der Waals surface area contributed by atoms with Gasteiger partial charge >= 0.3 is 5.97 Å². The van der Waals surface area contributed by atoms with Crippen LogP contribution in [0.5, 0.6) is 0 Å². The van der Waals surface area contributed by atoms with Crippen LogP contribution >= 0.6 is 24.0 Å². The zero-order valence-corrected chi connectivity index (χ0v) is 23.1. The number of unbranched alkanes of at least 4 members (excludes halogenated alkanes) is 2. The Labute approximate surface area is 228 Å². The molecule has 3 rings (SSSR count). The molecule has 1 aliphatic rings. The average Bonchev–Trinajstić information content (AvgIpc) is 3.12. The number of hydrogen-bond acceptors (Lipinski definition) is 7. The van der Waals surface area contributed by atoms with Gasteiger partial charge in [0.25, 0.3) is 5.91 Å². The van der Waals surface area contributed by atoms with Gasteiger partial charge in [0.2, 0.25) is 5.91 Å². The van der Waals surface area contributed by atoms with Crippen molar-refractivity contribution in [3.63, 3.8) is 0 Å². The summed E-state index contributed by atoms with van der Waals surface area (Å²) in [5, 5.41) is 2.85. The predicted molar refractivity (Wildman–Crippen MR) is 153 cm³/mol. The van der Waals surface area contributed by atoms with Gasteiger partial charge in [-0.15, -0.1) is 0 Å². The molecule has 0 aliphatic carbocycles. The van der Waals surface area contributed by atoms with Gasteiger partial charge in [0.15, 0.2) is 0 Å². The number of ether oxygens (including phenoxy) is 1. The molecular weight excluding hydrogens is 506 g/mol. The number of likely N-dealkylation sites (N-methyl/N-ethyl adjacent to an activating group) is 1. The molecule has 196 valence electrons. The fraction of sp³-hybridized carbons (Fsp3) is 0.357. The molecular formula is C28H33N3O4S2. The third kappa shape index (κ3) is 9.10. The number of aryl methyl sites for hydroxylation is 1. The van der Waals surface area contributed by atoms with Crippen molar-refractivity contribution in [2.75, 3.05) is 39.1 Å². The lowest BCUT2D eigenvalue weighted by molar-refractivity contribution is -0.122. The van der Waals surface area contributed by atoms with Gasteiger partial charge in [-0.25, -0.2) is 4.79 Å². The van der Waals surface area contributed by atoms with Crippen LogP contribution in [0.1, 0.15) is 47.2 Å². The lowest BCUT2D eigenvalue weighted by Gasteiger charge is -2.14. The van der Waals surface area contributed by atoms with Crippen LogP contribution in [0.4, 0.5) is 5.69 Å². The van der Waals surface area contributed by atoms with Crippen molar-refractivity contribution < 1.29 is 19.1 Å². The minimum absolute atomic E-state index is 0.0571. The van der Waals surface area contributed by atoms with E-state index in [1.54, 1.807) is 29.2 Å². The first-order valence-electron chi connectivity index (χ1n) is 12.3. The van der Waals surface area contributed by atoms with Crippen LogP contribution in [0.15, 0.2) is 53.4 Å². The van der Waals surface area contributed by atoms with E-state index in [0.29, 0.717) is 53.0 Å². The first-order chi connectivity index (χ1) is 17.7. The Morgan fingerprint density at radius 3 is 2.43 bits per heavy atom. The summed E-state index contributed by atoms with van der Waals surface area (Å²) >= 11 is 6.74. The minimum Gasteiger partial charge on any atom is -0.461 e. The number of benzene rings is 2. The third-order valence-electron chi connectivity index (χ3n) is 5.71. The van der Waals surface area contributed by atoms with E-state index >= 15 is 0 Å². The van der Waals surface area contributed by atoms with Crippen molar-refractivity contribution in [1.82, 2.24) is 9.80 Å². The summed E-state index contributed by atoms with van der Waals surface area (Å²) in [6.45, 7) is 3.56. The van der Waals surface area contributed by atoms with E-state index in [2.05, 4.69) is 5.32 Å². The summed E-state index contributed by atoms with van der Waals surface area (Å²) in [7, 11) is 3.82. The van der Waals surface area contributed by atoms with Gasteiger partial charge in [-0.1, -0.05) is 60.2 Å². The van der Waals surface area contributed by atoms with Crippen LogP contribution in [0.2, 0.25) is 0 Å². The Morgan fingerprint density at radius 2 is 1.76 bits per heavy atom. The minimum atomic E-state index is -0.383. The van der Waals surface area contributed by atoms with Crippen LogP contribution in [-0.2, 0) is 14.3 Å². The number of thiocarbonyl (C=S) groups is 1. The van der Waals surface area contributed by atoms with Crippen molar-refractivity contribution in [1.29, 1.82) is 0 Å². The lowest BCUT2D eigenvalue weighted by atomic mass is 10.1. The number of anilines is 1. The molecule has 37 heavy (non-hydrogen) atoms. The second kappa shape index (κ2) is 14.1. The van der Waals surface area contributed by atoms with E-state index in [9.17, 15) is 14.4 Å². The smallest absolute Gasteiger partial charge is 0.338 e. The molecule has 1 saturated heterocycles. The van der Waals surface area contributed by atoms with Crippen molar-refractivity contribution in [2.45, 2.75) is 32.6 Å². The Balaban J connectivity index is 1.35. The number of amides is 2. The summed E-state index contributed by atoms with van der Waals surface area (Å²) in [6.07, 6.45) is 4.53. The monoisotopic (exact) mass is 539 g/mol. The maximum absolute atomic E-state index is 12.8. The van der Waals surface area contributed by atoms with Gasteiger partial charge < -0.3 is 15.0 Å². The average molecular weight is 540 g/mol. The molecule has 0 atom stereocenters. The number of carbonyl (C=O) groups excluding carboxylic acids is 3. The summed E-state index contributed by atoms with van der Waals surface area (Å²) in [4.78, 5) is 41.3. The number of esters is 1. The second-order valence-corrected chi connectivity index (χ2v) is 10.8. The van der Waals surface area contributed by atoms with E-state index in [4.69, 9.17) is 17.0 Å². The number of rotatable bonds is 12. The summed E-state index contributed by atoms with van der Waals surface area (Å²) < 4.78 is 5.79. The third-order valence-corrected chi connectivity index (χ3v) is 7.09. The van der Waals surface area contributed by atoms with Crippen LogP contribution in [0.3, 0.4) is 0 Å². The molecule has 2 amide bonds. The van der Waals surface area contributed by atoms with Crippen LogP contribution in [0.25, 0.3) is 6.08 Å². The standard InChI is InChI=1S/C28H33N3O4S2/c1-20-8-10-21(11-9-20)19-24-26(33)31(28(36)37-24)16-6-4-5-7-25(32)29-23-14-12-22(13-15-23)27(34)35-18-17-30(2)3/h8-15,19H,4-7,16-18H2,1-3H3,(H,29,32). The number of carbonyl (C=O) groups is 3. The fourth-order valence-electron chi connectivity index (χ4n) is 3.56. The first-order valence-corrected chi connectivity index (χ1v) is 13.5. The lowest BCUT2D eigenvalue weighted by Crippen LogP contribution is -2.29. The van der Waals surface area contributed by atoms with Gasteiger partial charge in [-0.2, -0.15) is 0 Å². The molecule has 1 N–H and O–H groups in total. The maximum Gasteiger partial charge on any atom is 0.338 e. The van der Waals surface area contributed by atoms with E-state index in [1.807, 2.05) is 56.3 Å². The van der Waals surface area contributed by atoms with Crippen LogP contribution in [0, 0.1) is 6.92 Å². The molecule has 1 fully saturated rings. The van der Waals surface area contributed by atoms with E-state index in [0.717, 1.165) is 18.4 Å². The normalized spacial score (nSPS) is 14.5. The quantitative estimate of drug-likeness (QED) is 0.174. The highest BCUT2D eigenvalue weighted by Crippen LogP contribution is 2.32. The fourth-order valence-corrected chi connectivity index (χ4v) is 4.87. The van der Waals surface area contributed by atoms with Gasteiger partial charge in [0.05, 0.1) is 10.5 Å². The van der Waals surface area contributed by atoms with Gasteiger partial charge in [-0.3, -0.25) is 14.5 Å². The Bertz CT molecular complexity index is 1150. The van der Waals surface area contributed by atoms with Crippen molar-refractivity contribution in [3.05, 3.63) is 70.1 Å².